The molecule has 0 bridgehead atoms. The van der Waals surface area contributed by atoms with E-state index in [1.54, 1.807) is 19.1 Å². The first-order valence-corrected chi connectivity index (χ1v) is 22.4. The Morgan fingerprint density at radius 1 is 0.862 bits per heavy atom. The van der Waals surface area contributed by atoms with Crippen molar-refractivity contribution < 1.29 is 43.8 Å². The van der Waals surface area contributed by atoms with E-state index in [1.807, 2.05) is 51.1 Å². The highest BCUT2D eigenvalue weighted by Gasteiger charge is 2.40. The monoisotopic (exact) mass is 907 g/mol. The molecule has 65 heavy (non-hydrogen) atoms. The number of rotatable bonds is 16. The molecule has 19 nitrogen and oxygen atoms in total. The number of guanidine groups is 1. The van der Waals surface area contributed by atoms with E-state index < -0.39 is 83.7 Å². The van der Waals surface area contributed by atoms with Gasteiger partial charge in [-0.1, -0.05) is 76.6 Å². The van der Waals surface area contributed by atoms with Gasteiger partial charge in [0.15, 0.2) is 5.96 Å². The number of aliphatic imine (C=N–C) groups is 1. The smallest absolute Gasteiger partial charge is 0.326 e. The van der Waals surface area contributed by atoms with Crippen LogP contribution in [0.25, 0.3) is 0 Å². The van der Waals surface area contributed by atoms with E-state index >= 15 is 0 Å². The number of benzene rings is 2. The van der Waals surface area contributed by atoms with Crippen LogP contribution in [-0.2, 0) is 41.6 Å². The molecular formula is C46H70N10O9. The van der Waals surface area contributed by atoms with Crippen molar-refractivity contribution >= 4 is 47.5 Å². The van der Waals surface area contributed by atoms with Crippen molar-refractivity contribution in [3.05, 3.63) is 65.7 Å². The maximum Gasteiger partial charge on any atom is 0.326 e. The number of aliphatic carboxylic acids is 1. The van der Waals surface area contributed by atoms with Crippen LogP contribution in [0, 0.1) is 11.8 Å². The molecule has 7 amide bonds. The number of carbonyl (C=O) groups is 7. The third-order valence-electron chi connectivity index (χ3n) is 11.6. The Balaban J connectivity index is 2.08. The minimum atomic E-state index is -1.34. The summed E-state index contributed by atoms with van der Waals surface area (Å²) >= 11 is 0. The number of phenols is 1. The van der Waals surface area contributed by atoms with Gasteiger partial charge in [0.1, 0.15) is 42.0 Å². The molecule has 19 heteroatoms. The van der Waals surface area contributed by atoms with Gasteiger partial charge >= 0.3 is 12.0 Å². The van der Waals surface area contributed by atoms with Crippen LogP contribution in [0.5, 0.6) is 5.75 Å². The molecular weight excluding hydrogens is 837 g/mol. The van der Waals surface area contributed by atoms with Crippen LogP contribution in [-0.4, -0.2) is 131 Å². The van der Waals surface area contributed by atoms with Crippen molar-refractivity contribution in [3.8, 4) is 5.75 Å². The van der Waals surface area contributed by atoms with Crippen molar-refractivity contribution in [2.24, 2.45) is 28.3 Å². The van der Waals surface area contributed by atoms with Crippen LogP contribution in [0.4, 0.5) is 4.79 Å². The lowest BCUT2D eigenvalue weighted by atomic mass is 9.95. The van der Waals surface area contributed by atoms with Gasteiger partial charge in [0.25, 0.3) is 0 Å². The number of hydrogen-bond acceptors (Lipinski definition) is 9. The number of aromatic hydroxyl groups is 1. The lowest BCUT2D eigenvalue weighted by Crippen LogP contribution is -2.61. The van der Waals surface area contributed by atoms with Crippen molar-refractivity contribution in [2.75, 3.05) is 27.2 Å². The van der Waals surface area contributed by atoms with E-state index in [4.69, 9.17) is 11.5 Å². The first-order valence-electron chi connectivity index (χ1n) is 22.4. The Labute approximate surface area is 381 Å². The summed E-state index contributed by atoms with van der Waals surface area (Å²) in [7, 11) is 2.98. The Morgan fingerprint density at radius 2 is 1.52 bits per heavy atom. The van der Waals surface area contributed by atoms with E-state index in [0.29, 0.717) is 25.7 Å². The van der Waals surface area contributed by atoms with Gasteiger partial charge in [-0.3, -0.25) is 29.0 Å². The van der Waals surface area contributed by atoms with Gasteiger partial charge < -0.3 is 58.1 Å². The average molecular weight is 907 g/mol. The molecule has 0 radical (unpaired) electrons. The molecule has 1 fully saturated rings. The first-order chi connectivity index (χ1) is 30.8. The molecule has 358 valence electrons. The average Bonchev–Trinajstić information content (AvgIpc) is 3.26. The highest BCUT2D eigenvalue weighted by atomic mass is 16.4. The number of nitrogens with one attached hydrogen (secondary N) is 5. The highest BCUT2D eigenvalue weighted by Crippen LogP contribution is 2.21. The third kappa shape index (κ3) is 17.2. The lowest BCUT2D eigenvalue weighted by molar-refractivity contribution is -0.150. The number of likely N-dealkylation sites (N-methyl/N-ethyl adjacent to an activating group) is 2. The Kier molecular flexibility index (Phi) is 21.5. The first kappa shape index (κ1) is 52.9. The summed E-state index contributed by atoms with van der Waals surface area (Å²) in [6.45, 7) is 7.73. The number of nitrogens with two attached hydrogens (primary N) is 2. The Morgan fingerprint density at radius 3 is 2.14 bits per heavy atom. The molecule has 2 aromatic carbocycles. The zero-order valence-corrected chi connectivity index (χ0v) is 38.5. The van der Waals surface area contributed by atoms with E-state index in [9.17, 15) is 43.8 Å². The topological polar surface area (TPSA) is 291 Å². The summed E-state index contributed by atoms with van der Waals surface area (Å²) in [4.78, 5) is 104. The predicted molar refractivity (Wildman–Crippen MR) is 246 cm³/mol. The van der Waals surface area contributed by atoms with Gasteiger partial charge in [0.05, 0.1) is 0 Å². The van der Waals surface area contributed by atoms with Crippen LogP contribution >= 0.6 is 0 Å². The van der Waals surface area contributed by atoms with E-state index in [2.05, 4.69) is 31.6 Å². The molecule has 0 spiro atoms. The lowest BCUT2D eigenvalue weighted by Gasteiger charge is -2.37. The fraction of sp³-hybridized carbons (Fsp3) is 0.565. The second kappa shape index (κ2) is 26.4. The largest absolute Gasteiger partial charge is 0.508 e. The van der Waals surface area contributed by atoms with Crippen molar-refractivity contribution in [1.29, 1.82) is 0 Å². The maximum atomic E-state index is 14.9. The van der Waals surface area contributed by atoms with Crippen LogP contribution in [0.3, 0.4) is 0 Å². The van der Waals surface area contributed by atoms with Crippen LogP contribution in [0.2, 0.25) is 0 Å². The summed E-state index contributed by atoms with van der Waals surface area (Å²) in [6, 6.07) is 7.72. The second-order valence-corrected chi connectivity index (χ2v) is 17.2. The number of amides is 7. The molecule has 1 aliphatic heterocycles. The van der Waals surface area contributed by atoms with Gasteiger partial charge in [-0.2, -0.15) is 0 Å². The maximum absolute atomic E-state index is 14.9. The Bertz CT molecular complexity index is 1930. The second-order valence-electron chi connectivity index (χ2n) is 17.2. The molecule has 0 aromatic heterocycles. The summed E-state index contributed by atoms with van der Waals surface area (Å²) in [5.41, 5.74) is 12.3. The van der Waals surface area contributed by atoms with Gasteiger partial charge in [-0.25, -0.2) is 9.59 Å². The molecule has 2 aromatic rings. The zero-order chi connectivity index (χ0) is 48.2. The molecule has 7 atom stereocenters. The molecule has 0 aliphatic carbocycles. The number of carboxylic acids is 1. The van der Waals surface area contributed by atoms with Gasteiger partial charge in [-0.05, 0) is 86.5 Å². The molecule has 3 rings (SSSR count). The van der Waals surface area contributed by atoms with Crippen molar-refractivity contribution in [1.82, 2.24) is 36.4 Å². The number of nitrogens with zero attached hydrogens (tertiary/aromatic N) is 3. The SMILES string of the molecule is CCC(C)C1NC(=O)C(NC(=O)NC(CCCN=C(N)N)C(=O)O)CCCCNC(=O)C(Cc2ccccc2)NC(=O)C(CC(C)C)N(C)C(=O)C(CCc2ccc(O)cc2)N(C)C1=O. The van der Waals surface area contributed by atoms with E-state index in [-0.39, 0.29) is 69.2 Å². The fourth-order valence-electron chi connectivity index (χ4n) is 7.56. The zero-order valence-electron chi connectivity index (χ0n) is 38.5. The van der Waals surface area contributed by atoms with Crippen LogP contribution in [0.1, 0.15) is 90.2 Å². The van der Waals surface area contributed by atoms with Gasteiger partial charge in [-0.15, -0.1) is 0 Å². The number of phenolic OH excluding ortho intramolecular Hbond substituents is 1. The number of carbonyl (C=O) groups excluding carboxylic acids is 6. The summed E-state index contributed by atoms with van der Waals surface area (Å²) in [6.07, 6.45) is 2.15. The summed E-state index contributed by atoms with van der Waals surface area (Å²) < 4.78 is 0. The number of carboxylic acid groups (broad SMARTS) is 1. The third-order valence-corrected chi connectivity index (χ3v) is 11.6. The fourth-order valence-corrected chi connectivity index (χ4v) is 7.56. The molecule has 11 N–H and O–H groups in total. The molecule has 1 aliphatic rings. The predicted octanol–water partition coefficient (Wildman–Crippen LogP) is 1.76. The minimum Gasteiger partial charge on any atom is -0.508 e. The van der Waals surface area contributed by atoms with Gasteiger partial charge in [0, 0.05) is 33.6 Å². The number of hydrogen-bond donors (Lipinski definition) is 9. The van der Waals surface area contributed by atoms with Crippen LogP contribution < -0.4 is 38.1 Å². The highest BCUT2D eigenvalue weighted by molar-refractivity contribution is 5.96. The normalized spacial score (nSPS) is 21.7. The number of aryl methyl sites for hydroxylation is 1. The summed E-state index contributed by atoms with van der Waals surface area (Å²) in [5.74, 6) is -4.76. The molecule has 7 unspecified atom stereocenters. The van der Waals surface area contributed by atoms with E-state index in [1.165, 1.54) is 36.0 Å². The number of urea groups is 1. The molecule has 0 saturated carbocycles. The minimum absolute atomic E-state index is 0.0151. The summed E-state index contributed by atoms with van der Waals surface area (Å²) in [5, 5.41) is 33.4. The van der Waals surface area contributed by atoms with Gasteiger partial charge in [0.2, 0.25) is 29.5 Å². The van der Waals surface area contributed by atoms with Crippen molar-refractivity contribution in [3.63, 3.8) is 0 Å². The van der Waals surface area contributed by atoms with Crippen LogP contribution in [0.15, 0.2) is 59.6 Å². The standard InChI is InChI=1S/C46H70N10O9/c1-7-29(4)38-43(62)55(5)36(23-20-30-18-21-32(57)22-19-30)42(61)56(6)37(26-28(2)3)41(60)51-35(27-31-14-9-8-10-15-31)39(58)49-24-12-11-16-33(40(59)54-38)52-46(65)53-34(44(63)64)17-13-25-50-45(47)48/h8-10,14-15,18-19,21-22,28-29,33-38,57H,7,11-13,16-17,20,23-27H2,1-6H3,(H,49,58)(H,51,60)(H,54,59)(H,63,64)(H4,47,48,50)(H2,52,53,65). The molecule has 1 heterocycles. The Hall–Kier alpha value is -6.40. The molecule has 1 saturated heterocycles. The quantitative estimate of drug-likeness (QED) is 0.0665. The van der Waals surface area contributed by atoms with Crippen molar-refractivity contribution in [2.45, 2.75) is 128 Å². The van der Waals surface area contributed by atoms with E-state index in [0.717, 1.165) is 11.1 Å².